The Morgan fingerprint density at radius 2 is 2.17 bits per heavy atom. The third kappa shape index (κ3) is 3.94. The van der Waals surface area contributed by atoms with Crippen molar-refractivity contribution in [1.82, 2.24) is 14.3 Å². The van der Waals surface area contributed by atoms with Crippen molar-refractivity contribution >= 4 is 21.6 Å². The predicted octanol–water partition coefficient (Wildman–Crippen LogP) is 0.759. The first-order valence-corrected chi connectivity index (χ1v) is 7.44. The van der Waals surface area contributed by atoms with E-state index in [2.05, 4.69) is 9.71 Å². The number of aromatic nitrogens is 2. The number of rotatable bonds is 6. The van der Waals surface area contributed by atoms with Gasteiger partial charge in [0, 0.05) is 13.6 Å². The summed E-state index contributed by atoms with van der Waals surface area (Å²) in [4.78, 5) is 3.72. The van der Waals surface area contributed by atoms with Gasteiger partial charge in [0.2, 0.25) is 5.03 Å². The SMILES string of the molecule is CC(C)CC(O)CNS(=O)(=O)c1ncn(C)c1Cl. The molecular weight excluding hydrogens is 278 g/mol. The molecule has 0 aliphatic rings. The minimum atomic E-state index is -3.77. The van der Waals surface area contributed by atoms with Crippen molar-refractivity contribution in [1.29, 1.82) is 0 Å². The molecule has 6 nitrogen and oxygen atoms in total. The monoisotopic (exact) mass is 295 g/mol. The van der Waals surface area contributed by atoms with Crippen molar-refractivity contribution in [2.75, 3.05) is 6.54 Å². The first-order chi connectivity index (χ1) is 8.24. The van der Waals surface area contributed by atoms with Gasteiger partial charge in [-0.15, -0.1) is 0 Å². The number of nitrogens with zero attached hydrogens (tertiary/aromatic N) is 2. The molecule has 0 aromatic carbocycles. The Labute approximate surface area is 112 Å². The molecule has 1 heterocycles. The van der Waals surface area contributed by atoms with Gasteiger partial charge in [-0.2, -0.15) is 0 Å². The van der Waals surface area contributed by atoms with Gasteiger partial charge in [-0.1, -0.05) is 25.4 Å². The lowest BCUT2D eigenvalue weighted by Gasteiger charge is -2.13. The van der Waals surface area contributed by atoms with E-state index in [9.17, 15) is 13.5 Å². The molecule has 1 aromatic rings. The summed E-state index contributed by atoms with van der Waals surface area (Å²) in [6.45, 7) is 3.86. The standard InChI is InChI=1S/C10H18ClN3O3S/c1-7(2)4-8(15)5-13-18(16,17)10-9(11)14(3)6-12-10/h6-8,13,15H,4-5H2,1-3H3. The van der Waals surface area contributed by atoms with Gasteiger partial charge >= 0.3 is 0 Å². The van der Waals surface area contributed by atoms with Gasteiger partial charge in [-0.3, -0.25) is 0 Å². The summed E-state index contributed by atoms with van der Waals surface area (Å²) in [6.07, 6.45) is 1.13. The van der Waals surface area contributed by atoms with E-state index in [-0.39, 0.29) is 16.7 Å². The van der Waals surface area contributed by atoms with Crippen LogP contribution < -0.4 is 4.72 Å². The molecule has 18 heavy (non-hydrogen) atoms. The fraction of sp³-hybridized carbons (Fsp3) is 0.700. The van der Waals surface area contributed by atoms with Gasteiger partial charge < -0.3 is 9.67 Å². The molecule has 0 bridgehead atoms. The van der Waals surface area contributed by atoms with Crippen LogP contribution in [0.3, 0.4) is 0 Å². The number of hydrogen-bond donors (Lipinski definition) is 2. The van der Waals surface area contributed by atoms with E-state index in [1.165, 1.54) is 10.9 Å². The van der Waals surface area contributed by atoms with Crippen LogP contribution in [0, 0.1) is 5.92 Å². The fourth-order valence-electron chi connectivity index (χ4n) is 1.48. The Balaban J connectivity index is 2.69. The van der Waals surface area contributed by atoms with Gasteiger partial charge in [-0.05, 0) is 12.3 Å². The number of nitrogens with one attached hydrogen (secondary N) is 1. The van der Waals surface area contributed by atoms with Crippen molar-refractivity contribution in [2.24, 2.45) is 13.0 Å². The summed E-state index contributed by atoms with van der Waals surface area (Å²) in [5.41, 5.74) is 0. The molecule has 1 rings (SSSR count). The minimum absolute atomic E-state index is 0.0425. The van der Waals surface area contributed by atoms with Gasteiger partial charge in [0.25, 0.3) is 10.0 Å². The quantitative estimate of drug-likeness (QED) is 0.811. The highest BCUT2D eigenvalue weighted by molar-refractivity contribution is 7.89. The number of aliphatic hydroxyl groups excluding tert-OH is 1. The van der Waals surface area contributed by atoms with Crippen molar-refractivity contribution in [3.63, 3.8) is 0 Å². The molecule has 104 valence electrons. The number of hydrogen-bond acceptors (Lipinski definition) is 4. The Morgan fingerprint density at radius 1 is 1.56 bits per heavy atom. The second kappa shape index (κ2) is 6.01. The fourth-order valence-corrected chi connectivity index (χ4v) is 2.97. The summed E-state index contributed by atoms with van der Waals surface area (Å²) in [5.74, 6) is 0.294. The van der Waals surface area contributed by atoms with Crippen LogP contribution in [0.1, 0.15) is 20.3 Å². The van der Waals surface area contributed by atoms with E-state index in [1.807, 2.05) is 13.8 Å². The molecule has 1 unspecified atom stereocenters. The number of imidazole rings is 1. The average Bonchev–Trinajstić information content (AvgIpc) is 2.57. The Hall–Kier alpha value is -0.630. The summed E-state index contributed by atoms with van der Waals surface area (Å²) in [7, 11) is -2.18. The van der Waals surface area contributed by atoms with E-state index in [0.717, 1.165) is 0 Å². The smallest absolute Gasteiger partial charge is 0.261 e. The summed E-state index contributed by atoms with van der Waals surface area (Å²) >= 11 is 5.81. The number of aliphatic hydroxyl groups is 1. The first kappa shape index (κ1) is 15.4. The summed E-state index contributed by atoms with van der Waals surface area (Å²) < 4.78 is 27.4. The Bertz CT molecular complexity index is 498. The Kier molecular flexibility index (Phi) is 5.15. The van der Waals surface area contributed by atoms with Crippen LogP contribution in [0.2, 0.25) is 5.15 Å². The van der Waals surface area contributed by atoms with Crippen molar-refractivity contribution < 1.29 is 13.5 Å². The first-order valence-electron chi connectivity index (χ1n) is 5.58. The molecule has 0 aliphatic carbocycles. The number of sulfonamides is 1. The van der Waals surface area contributed by atoms with Crippen LogP contribution >= 0.6 is 11.6 Å². The molecular formula is C10H18ClN3O3S. The van der Waals surface area contributed by atoms with Crippen molar-refractivity contribution in [3.8, 4) is 0 Å². The zero-order chi connectivity index (χ0) is 13.9. The molecule has 0 fully saturated rings. The Morgan fingerprint density at radius 3 is 2.61 bits per heavy atom. The van der Waals surface area contributed by atoms with E-state index in [0.29, 0.717) is 12.3 Å². The molecule has 0 aliphatic heterocycles. The zero-order valence-corrected chi connectivity index (χ0v) is 12.2. The van der Waals surface area contributed by atoms with Gasteiger partial charge in [0.15, 0.2) is 0 Å². The predicted molar refractivity (Wildman–Crippen MR) is 68.9 cm³/mol. The summed E-state index contributed by atoms with van der Waals surface area (Å²) in [6, 6.07) is 0. The minimum Gasteiger partial charge on any atom is -0.392 e. The molecule has 2 N–H and O–H groups in total. The van der Waals surface area contributed by atoms with Crippen LogP contribution in [0.5, 0.6) is 0 Å². The maximum atomic E-state index is 11.9. The maximum Gasteiger partial charge on any atom is 0.261 e. The average molecular weight is 296 g/mol. The zero-order valence-electron chi connectivity index (χ0n) is 10.6. The third-order valence-electron chi connectivity index (χ3n) is 2.34. The van der Waals surface area contributed by atoms with Crippen LogP contribution in [-0.4, -0.2) is 35.7 Å². The molecule has 8 heteroatoms. The number of aryl methyl sites for hydroxylation is 1. The van der Waals surface area contributed by atoms with Crippen LogP contribution in [-0.2, 0) is 17.1 Å². The lowest BCUT2D eigenvalue weighted by Crippen LogP contribution is -2.33. The second-order valence-corrected chi connectivity index (χ2v) is 6.63. The maximum absolute atomic E-state index is 11.9. The molecule has 0 amide bonds. The van der Waals surface area contributed by atoms with Gasteiger partial charge in [0.05, 0.1) is 12.4 Å². The summed E-state index contributed by atoms with van der Waals surface area (Å²) in [5, 5.41) is 9.44. The molecule has 1 atom stereocenters. The largest absolute Gasteiger partial charge is 0.392 e. The highest BCUT2D eigenvalue weighted by Crippen LogP contribution is 2.18. The molecule has 0 saturated heterocycles. The van der Waals surface area contributed by atoms with E-state index in [4.69, 9.17) is 11.6 Å². The van der Waals surface area contributed by atoms with Gasteiger partial charge in [-0.25, -0.2) is 18.1 Å². The van der Waals surface area contributed by atoms with Crippen LogP contribution in [0.15, 0.2) is 11.4 Å². The molecule has 1 aromatic heterocycles. The van der Waals surface area contributed by atoms with Crippen molar-refractivity contribution in [2.45, 2.75) is 31.4 Å². The third-order valence-corrected chi connectivity index (χ3v) is 4.25. The van der Waals surface area contributed by atoms with E-state index < -0.39 is 16.1 Å². The highest BCUT2D eigenvalue weighted by atomic mass is 35.5. The van der Waals surface area contributed by atoms with E-state index in [1.54, 1.807) is 7.05 Å². The number of halogens is 1. The second-order valence-electron chi connectivity index (χ2n) is 4.59. The topological polar surface area (TPSA) is 84.2 Å². The molecule has 0 saturated carbocycles. The molecule has 0 spiro atoms. The molecule has 0 radical (unpaired) electrons. The normalized spacial score (nSPS) is 14.1. The lowest BCUT2D eigenvalue weighted by molar-refractivity contribution is 0.152. The van der Waals surface area contributed by atoms with Crippen molar-refractivity contribution in [3.05, 3.63) is 11.5 Å². The van der Waals surface area contributed by atoms with Crippen LogP contribution in [0.4, 0.5) is 0 Å². The highest BCUT2D eigenvalue weighted by Gasteiger charge is 2.23. The lowest BCUT2D eigenvalue weighted by atomic mass is 10.1. The van der Waals surface area contributed by atoms with E-state index >= 15 is 0 Å². The van der Waals surface area contributed by atoms with Gasteiger partial charge in [0.1, 0.15) is 5.15 Å². The van der Waals surface area contributed by atoms with Crippen LogP contribution in [0.25, 0.3) is 0 Å².